The summed E-state index contributed by atoms with van der Waals surface area (Å²) in [7, 11) is 0. The van der Waals surface area contributed by atoms with Crippen molar-refractivity contribution in [3.8, 4) is 0 Å². The van der Waals surface area contributed by atoms with Crippen LogP contribution in [-0.2, 0) is 6.42 Å². The largest absolute Gasteiger partial charge is 0.405 e. The SMILES string of the molecule is O=c1[nH]c(=O)c2c(CC3C[C@@H]4CC[C@H]3C4)cc(=O)oc2[nH]1. The zero-order valence-corrected chi connectivity index (χ0v) is 11.5. The van der Waals surface area contributed by atoms with Gasteiger partial charge in [-0.25, -0.2) is 9.59 Å². The Hall–Kier alpha value is -2.11. The molecule has 2 fully saturated rings. The van der Waals surface area contributed by atoms with Crippen molar-refractivity contribution in [2.24, 2.45) is 17.8 Å². The van der Waals surface area contributed by atoms with Gasteiger partial charge in [-0.05, 0) is 49.0 Å². The molecule has 1 unspecified atom stereocenters. The molecule has 6 heteroatoms. The van der Waals surface area contributed by atoms with Crippen LogP contribution in [-0.4, -0.2) is 9.97 Å². The van der Waals surface area contributed by atoms with Crippen LogP contribution in [0, 0.1) is 17.8 Å². The van der Waals surface area contributed by atoms with Crippen molar-refractivity contribution in [1.29, 1.82) is 0 Å². The summed E-state index contributed by atoms with van der Waals surface area (Å²) in [6.45, 7) is 0. The molecule has 0 spiro atoms. The van der Waals surface area contributed by atoms with E-state index in [1.165, 1.54) is 31.7 Å². The molecule has 2 N–H and O–H groups in total. The molecule has 2 heterocycles. The van der Waals surface area contributed by atoms with Crippen molar-refractivity contribution in [3.05, 3.63) is 42.9 Å². The molecule has 110 valence electrons. The Morgan fingerprint density at radius 3 is 2.71 bits per heavy atom. The number of aromatic amines is 2. The van der Waals surface area contributed by atoms with Crippen LogP contribution in [0.1, 0.15) is 31.2 Å². The van der Waals surface area contributed by atoms with Crippen LogP contribution < -0.4 is 16.9 Å². The van der Waals surface area contributed by atoms with Gasteiger partial charge in [0.25, 0.3) is 5.56 Å². The van der Waals surface area contributed by atoms with Crippen LogP contribution in [0.2, 0.25) is 0 Å². The second-order valence-corrected chi connectivity index (χ2v) is 6.34. The van der Waals surface area contributed by atoms with E-state index in [0.29, 0.717) is 29.2 Å². The Balaban J connectivity index is 1.83. The molecular weight excluding hydrogens is 272 g/mol. The molecule has 0 aromatic carbocycles. The van der Waals surface area contributed by atoms with Crippen molar-refractivity contribution in [1.82, 2.24) is 9.97 Å². The topological polar surface area (TPSA) is 95.9 Å². The Labute approximate surface area is 119 Å². The van der Waals surface area contributed by atoms with Crippen molar-refractivity contribution < 1.29 is 4.42 Å². The second-order valence-electron chi connectivity index (χ2n) is 6.34. The first-order valence-corrected chi connectivity index (χ1v) is 7.39. The quantitative estimate of drug-likeness (QED) is 0.866. The monoisotopic (exact) mass is 288 g/mol. The molecular formula is C15H16N2O4. The zero-order valence-electron chi connectivity index (χ0n) is 11.5. The molecule has 3 atom stereocenters. The molecule has 21 heavy (non-hydrogen) atoms. The van der Waals surface area contributed by atoms with Gasteiger partial charge in [-0.15, -0.1) is 0 Å². The highest BCUT2D eigenvalue weighted by molar-refractivity contribution is 5.75. The summed E-state index contributed by atoms with van der Waals surface area (Å²) in [6.07, 6.45) is 5.72. The van der Waals surface area contributed by atoms with E-state index in [1.807, 2.05) is 0 Å². The van der Waals surface area contributed by atoms with E-state index < -0.39 is 16.9 Å². The third-order valence-corrected chi connectivity index (χ3v) is 5.09. The molecule has 4 rings (SSSR count). The molecule has 0 aliphatic heterocycles. The Morgan fingerprint density at radius 1 is 1.14 bits per heavy atom. The average Bonchev–Trinajstić information content (AvgIpc) is 2.99. The van der Waals surface area contributed by atoms with E-state index in [-0.39, 0.29) is 5.71 Å². The maximum Gasteiger partial charge on any atom is 0.337 e. The normalized spacial score (nSPS) is 27.5. The molecule has 0 amide bonds. The lowest BCUT2D eigenvalue weighted by molar-refractivity contribution is 0.331. The number of aromatic nitrogens is 2. The fourth-order valence-electron chi connectivity index (χ4n) is 4.25. The molecule has 2 saturated carbocycles. The smallest absolute Gasteiger partial charge is 0.337 e. The van der Waals surface area contributed by atoms with E-state index in [0.717, 1.165) is 5.92 Å². The van der Waals surface area contributed by atoms with Crippen LogP contribution in [0.25, 0.3) is 11.1 Å². The van der Waals surface area contributed by atoms with Crippen LogP contribution in [0.3, 0.4) is 0 Å². The fourth-order valence-corrected chi connectivity index (χ4v) is 4.25. The van der Waals surface area contributed by atoms with E-state index in [1.54, 1.807) is 0 Å². The highest BCUT2D eigenvalue weighted by Crippen LogP contribution is 2.49. The first-order chi connectivity index (χ1) is 10.1. The van der Waals surface area contributed by atoms with E-state index in [2.05, 4.69) is 9.97 Å². The van der Waals surface area contributed by atoms with Gasteiger partial charge in [0, 0.05) is 6.07 Å². The third kappa shape index (κ3) is 2.05. The number of hydrogen-bond acceptors (Lipinski definition) is 4. The summed E-state index contributed by atoms with van der Waals surface area (Å²) >= 11 is 0. The zero-order chi connectivity index (χ0) is 14.6. The van der Waals surface area contributed by atoms with Gasteiger partial charge in [0.15, 0.2) is 0 Å². The van der Waals surface area contributed by atoms with Crippen molar-refractivity contribution in [3.63, 3.8) is 0 Å². The molecule has 2 aliphatic rings. The van der Waals surface area contributed by atoms with Gasteiger partial charge in [-0.1, -0.05) is 6.42 Å². The lowest BCUT2D eigenvalue weighted by Gasteiger charge is -2.21. The Kier molecular flexibility index (Phi) is 2.67. The molecule has 2 aromatic rings. The minimum atomic E-state index is -0.660. The number of fused-ring (bicyclic) bond motifs is 3. The van der Waals surface area contributed by atoms with Gasteiger partial charge >= 0.3 is 11.3 Å². The molecule has 2 aliphatic carbocycles. The van der Waals surface area contributed by atoms with E-state index in [4.69, 9.17) is 4.42 Å². The maximum absolute atomic E-state index is 12.0. The maximum atomic E-state index is 12.0. The predicted molar refractivity (Wildman–Crippen MR) is 76.4 cm³/mol. The highest BCUT2D eigenvalue weighted by Gasteiger charge is 2.39. The summed E-state index contributed by atoms with van der Waals surface area (Å²) in [5.41, 5.74) is -1.00. The summed E-state index contributed by atoms with van der Waals surface area (Å²) in [5.74, 6) is 2.05. The number of rotatable bonds is 2. The van der Waals surface area contributed by atoms with Crippen molar-refractivity contribution >= 4 is 11.1 Å². The van der Waals surface area contributed by atoms with Crippen LogP contribution in [0.5, 0.6) is 0 Å². The van der Waals surface area contributed by atoms with Gasteiger partial charge in [0.1, 0.15) is 5.39 Å². The molecule has 6 nitrogen and oxygen atoms in total. The minimum Gasteiger partial charge on any atom is -0.405 e. The lowest BCUT2D eigenvalue weighted by Crippen LogP contribution is -2.25. The third-order valence-electron chi connectivity index (χ3n) is 5.09. The predicted octanol–water partition coefficient (Wildman–Crippen LogP) is 1.15. The number of hydrogen-bond donors (Lipinski definition) is 2. The standard InChI is InChI=1S/C15H16N2O4/c18-11-6-10(5-9-4-7-1-2-8(9)3-7)12-13(19)16-15(20)17-14(12)21-11/h6-9H,1-5H2,(H2,16,17,19,20)/t7-,8+,9?/m1/s1. The van der Waals surface area contributed by atoms with Crippen LogP contribution >= 0.6 is 0 Å². The van der Waals surface area contributed by atoms with Gasteiger partial charge in [0.2, 0.25) is 5.71 Å². The molecule has 2 aromatic heterocycles. The Bertz CT molecular complexity index is 870. The number of nitrogens with one attached hydrogen (secondary N) is 2. The first kappa shape index (κ1) is 12.6. The van der Waals surface area contributed by atoms with Crippen LogP contribution in [0.4, 0.5) is 0 Å². The highest BCUT2D eigenvalue weighted by atomic mass is 16.4. The van der Waals surface area contributed by atoms with Gasteiger partial charge in [-0.2, -0.15) is 0 Å². The van der Waals surface area contributed by atoms with E-state index >= 15 is 0 Å². The summed E-state index contributed by atoms with van der Waals surface area (Å²) in [6, 6.07) is 1.39. The summed E-state index contributed by atoms with van der Waals surface area (Å²) in [4.78, 5) is 39.6. The molecule has 0 radical (unpaired) electrons. The van der Waals surface area contributed by atoms with Gasteiger partial charge in [0.05, 0.1) is 0 Å². The van der Waals surface area contributed by atoms with Crippen molar-refractivity contribution in [2.75, 3.05) is 0 Å². The summed E-state index contributed by atoms with van der Waals surface area (Å²) in [5, 5.41) is 0.303. The van der Waals surface area contributed by atoms with Gasteiger partial charge in [-0.3, -0.25) is 14.8 Å². The molecule has 0 saturated heterocycles. The lowest BCUT2D eigenvalue weighted by atomic mass is 9.84. The second kappa shape index (κ2) is 4.44. The first-order valence-electron chi connectivity index (χ1n) is 7.39. The minimum absolute atomic E-state index is 0.0191. The Morgan fingerprint density at radius 2 is 2.00 bits per heavy atom. The van der Waals surface area contributed by atoms with Crippen molar-refractivity contribution in [2.45, 2.75) is 32.1 Å². The molecule has 2 bridgehead atoms. The number of H-pyrrole nitrogens is 2. The van der Waals surface area contributed by atoms with E-state index in [9.17, 15) is 14.4 Å². The van der Waals surface area contributed by atoms with Gasteiger partial charge < -0.3 is 4.42 Å². The average molecular weight is 288 g/mol. The van der Waals surface area contributed by atoms with Crippen LogP contribution in [0.15, 0.2) is 24.9 Å². The fraction of sp³-hybridized carbons (Fsp3) is 0.533. The summed E-state index contributed by atoms with van der Waals surface area (Å²) < 4.78 is 4.96.